The Labute approximate surface area is 160 Å². The predicted octanol–water partition coefficient (Wildman–Crippen LogP) is 3.00. The molecule has 2 heterocycles. The van der Waals surface area contributed by atoms with Crippen LogP contribution in [0, 0.1) is 34.5 Å². The number of carbonyl (C=O) groups is 2. The topological polar surface area (TPSA) is 94.2 Å². The third-order valence-corrected chi connectivity index (χ3v) is 5.23. The molecule has 0 bridgehead atoms. The van der Waals surface area contributed by atoms with Crippen LogP contribution < -0.4 is 4.90 Å². The summed E-state index contributed by atoms with van der Waals surface area (Å²) < 4.78 is 5.73. The Hall–Kier alpha value is -3.19. The molecule has 0 aliphatic carbocycles. The van der Waals surface area contributed by atoms with Crippen LogP contribution in [0.25, 0.3) is 0 Å². The van der Waals surface area contributed by atoms with E-state index in [1.807, 2.05) is 12.1 Å². The van der Waals surface area contributed by atoms with Crippen LogP contribution in [0.1, 0.15) is 11.7 Å². The van der Waals surface area contributed by atoms with Gasteiger partial charge in [-0.2, -0.15) is 10.5 Å². The van der Waals surface area contributed by atoms with Crippen molar-refractivity contribution in [1.82, 2.24) is 0 Å². The standard InChI is InChI=1S/C20H12ClN3O3/c21-13-8-6-12(7-9-13)17-15-16(20(10-22,11-23)27-17)19(26)24(18(15)25)14-4-2-1-3-5-14/h1-9,15-17H/t15-,16-,17+/m1/s1. The summed E-state index contributed by atoms with van der Waals surface area (Å²) in [5.41, 5.74) is -1.04. The van der Waals surface area contributed by atoms with Crippen molar-refractivity contribution in [2.75, 3.05) is 4.90 Å². The van der Waals surface area contributed by atoms with Crippen molar-refractivity contribution in [1.29, 1.82) is 10.5 Å². The summed E-state index contributed by atoms with van der Waals surface area (Å²) in [4.78, 5) is 27.3. The van der Waals surface area contributed by atoms with E-state index in [4.69, 9.17) is 16.3 Å². The highest BCUT2D eigenvalue weighted by Gasteiger charge is 2.68. The molecule has 0 unspecified atom stereocenters. The fourth-order valence-electron chi connectivity index (χ4n) is 3.75. The second-order valence-electron chi connectivity index (χ2n) is 6.40. The number of benzene rings is 2. The van der Waals surface area contributed by atoms with Crippen LogP contribution >= 0.6 is 11.6 Å². The molecule has 132 valence electrons. The van der Waals surface area contributed by atoms with Crippen LogP contribution in [0.15, 0.2) is 54.6 Å². The smallest absolute Gasteiger partial charge is 0.254 e. The number of nitriles is 2. The first-order valence-corrected chi connectivity index (χ1v) is 8.59. The lowest BCUT2D eigenvalue weighted by Crippen LogP contribution is -2.40. The number of para-hydroxylation sites is 1. The van der Waals surface area contributed by atoms with Gasteiger partial charge in [0.05, 0.1) is 17.7 Å². The van der Waals surface area contributed by atoms with Gasteiger partial charge in [-0.25, -0.2) is 4.90 Å². The Bertz CT molecular complexity index is 994. The number of halogens is 1. The van der Waals surface area contributed by atoms with Crippen LogP contribution in [0.4, 0.5) is 5.69 Å². The average Bonchev–Trinajstić information content (AvgIpc) is 3.17. The number of anilines is 1. The summed E-state index contributed by atoms with van der Waals surface area (Å²) >= 11 is 5.92. The molecule has 2 saturated heterocycles. The first-order valence-electron chi connectivity index (χ1n) is 8.21. The molecule has 2 aliphatic heterocycles. The van der Waals surface area contributed by atoms with E-state index in [2.05, 4.69) is 0 Å². The Balaban J connectivity index is 1.84. The number of nitrogens with zero attached hydrogens (tertiary/aromatic N) is 3. The van der Waals surface area contributed by atoms with E-state index in [1.165, 1.54) is 0 Å². The van der Waals surface area contributed by atoms with Gasteiger partial charge in [0.1, 0.15) is 18.1 Å². The van der Waals surface area contributed by atoms with Gasteiger partial charge in [0.2, 0.25) is 11.8 Å². The number of rotatable bonds is 2. The average molecular weight is 378 g/mol. The van der Waals surface area contributed by atoms with Crippen molar-refractivity contribution in [3.05, 3.63) is 65.2 Å². The number of amides is 2. The number of carbonyl (C=O) groups excluding carboxylic acids is 2. The van der Waals surface area contributed by atoms with Gasteiger partial charge in [-0.05, 0) is 29.8 Å². The van der Waals surface area contributed by atoms with Crippen molar-refractivity contribution in [3.8, 4) is 12.1 Å². The third-order valence-electron chi connectivity index (χ3n) is 4.97. The van der Waals surface area contributed by atoms with Gasteiger partial charge in [0.15, 0.2) is 0 Å². The van der Waals surface area contributed by atoms with E-state index in [9.17, 15) is 20.1 Å². The Kier molecular flexibility index (Phi) is 3.96. The molecule has 2 aromatic carbocycles. The summed E-state index contributed by atoms with van der Waals surface area (Å²) in [5, 5.41) is 19.8. The highest BCUT2D eigenvalue weighted by Crippen LogP contribution is 2.53. The number of fused-ring (bicyclic) bond motifs is 1. The zero-order valence-electron chi connectivity index (χ0n) is 13.9. The number of imide groups is 1. The normalized spacial score (nSPS) is 25.7. The summed E-state index contributed by atoms with van der Waals surface area (Å²) in [6, 6.07) is 18.7. The molecular formula is C20H12ClN3O3. The molecule has 27 heavy (non-hydrogen) atoms. The quantitative estimate of drug-likeness (QED) is 0.750. The molecule has 7 heteroatoms. The fraction of sp³-hybridized carbons (Fsp3) is 0.200. The number of hydrogen-bond donors (Lipinski definition) is 0. The van der Waals surface area contributed by atoms with Crippen molar-refractivity contribution in [2.45, 2.75) is 11.7 Å². The Morgan fingerprint density at radius 2 is 1.59 bits per heavy atom. The van der Waals surface area contributed by atoms with E-state index < -0.39 is 35.4 Å². The van der Waals surface area contributed by atoms with Crippen LogP contribution in [-0.4, -0.2) is 17.4 Å². The molecule has 2 amide bonds. The largest absolute Gasteiger partial charge is 0.338 e. The van der Waals surface area contributed by atoms with Crippen LogP contribution in [0.2, 0.25) is 5.02 Å². The molecule has 0 radical (unpaired) electrons. The maximum absolute atomic E-state index is 13.1. The lowest BCUT2D eigenvalue weighted by Gasteiger charge is -2.22. The van der Waals surface area contributed by atoms with E-state index >= 15 is 0 Å². The maximum Gasteiger partial charge on any atom is 0.254 e. The van der Waals surface area contributed by atoms with Crippen molar-refractivity contribution in [2.24, 2.45) is 11.8 Å². The monoisotopic (exact) mass is 377 g/mol. The maximum atomic E-state index is 13.1. The second-order valence-corrected chi connectivity index (χ2v) is 6.84. The first-order chi connectivity index (χ1) is 13.0. The van der Waals surface area contributed by atoms with Crippen molar-refractivity contribution < 1.29 is 14.3 Å². The first kappa shape index (κ1) is 17.2. The Morgan fingerprint density at radius 3 is 2.19 bits per heavy atom. The van der Waals surface area contributed by atoms with Gasteiger partial charge in [-0.3, -0.25) is 9.59 Å². The summed E-state index contributed by atoms with van der Waals surface area (Å²) in [6.07, 6.45) is -0.892. The second kappa shape index (κ2) is 6.21. The molecular weight excluding hydrogens is 366 g/mol. The van der Waals surface area contributed by atoms with Gasteiger partial charge < -0.3 is 4.74 Å². The molecule has 2 aromatic rings. The number of hydrogen-bond acceptors (Lipinski definition) is 5. The van der Waals surface area contributed by atoms with Gasteiger partial charge in [-0.15, -0.1) is 0 Å². The summed E-state index contributed by atoms with van der Waals surface area (Å²) in [7, 11) is 0. The highest BCUT2D eigenvalue weighted by molar-refractivity contribution is 6.30. The van der Waals surface area contributed by atoms with Gasteiger partial charge >= 0.3 is 0 Å². The van der Waals surface area contributed by atoms with Crippen LogP contribution in [0.3, 0.4) is 0 Å². The fourth-order valence-corrected chi connectivity index (χ4v) is 3.87. The molecule has 4 rings (SSSR count). The molecule has 0 aromatic heterocycles. The van der Waals surface area contributed by atoms with Crippen LogP contribution in [-0.2, 0) is 14.3 Å². The molecule has 0 spiro atoms. The molecule has 2 fully saturated rings. The summed E-state index contributed by atoms with van der Waals surface area (Å²) in [6.45, 7) is 0. The zero-order valence-corrected chi connectivity index (χ0v) is 14.6. The zero-order chi connectivity index (χ0) is 19.2. The van der Waals surface area contributed by atoms with Gasteiger partial charge in [0.25, 0.3) is 5.60 Å². The van der Waals surface area contributed by atoms with Crippen molar-refractivity contribution in [3.63, 3.8) is 0 Å². The van der Waals surface area contributed by atoms with Crippen molar-refractivity contribution >= 4 is 29.1 Å². The minimum Gasteiger partial charge on any atom is -0.338 e. The number of ether oxygens (including phenoxy) is 1. The van der Waals surface area contributed by atoms with E-state index in [0.717, 1.165) is 4.90 Å². The molecule has 0 N–H and O–H groups in total. The lowest BCUT2D eigenvalue weighted by atomic mass is 9.81. The van der Waals surface area contributed by atoms with E-state index in [1.54, 1.807) is 54.6 Å². The minimum absolute atomic E-state index is 0.404. The molecule has 3 atom stereocenters. The van der Waals surface area contributed by atoms with Gasteiger partial charge in [0, 0.05) is 5.02 Å². The van der Waals surface area contributed by atoms with Gasteiger partial charge in [-0.1, -0.05) is 41.9 Å². The third kappa shape index (κ3) is 2.43. The predicted molar refractivity (Wildman–Crippen MR) is 95.2 cm³/mol. The minimum atomic E-state index is -2.02. The molecule has 0 saturated carbocycles. The summed E-state index contributed by atoms with van der Waals surface area (Å²) in [5.74, 6) is -3.24. The SMILES string of the molecule is N#CC1(C#N)O[C@@H](c2ccc(Cl)cc2)[C@@H]2C(=O)N(c3ccccc3)C(=O)[C@@H]21. The highest BCUT2D eigenvalue weighted by atomic mass is 35.5. The van der Waals surface area contributed by atoms with E-state index in [-0.39, 0.29) is 0 Å². The lowest BCUT2D eigenvalue weighted by molar-refractivity contribution is -0.126. The molecule has 6 nitrogen and oxygen atoms in total. The molecule has 2 aliphatic rings. The van der Waals surface area contributed by atoms with Crippen LogP contribution in [0.5, 0.6) is 0 Å². The Morgan fingerprint density at radius 1 is 0.963 bits per heavy atom. The van der Waals surface area contributed by atoms with E-state index in [0.29, 0.717) is 16.3 Å².